The molecule has 0 spiro atoms. The maximum atomic E-state index is 13.9. The van der Waals surface area contributed by atoms with Gasteiger partial charge in [-0.15, -0.1) is 0 Å². The smallest absolute Gasteiger partial charge is 0.261 e. The molecule has 0 aliphatic carbocycles. The Morgan fingerprint density at radius 2 is 1.38 bits per heavy atom. The minimum Gasteiger partial charge on any atom is -0.484 e. The van der Waals surface area contributed by atoms with Crippen LogP contribution in [0.4, 0.5) is 14.5 Å². The lowest BCUT2D eigenvalue weighted by Gasteiger charge is -2.31. The molecule has 48 heavy (non-hydrogen) atoms. The van der Waals surface area contributed by atoms with E-state index in [-0.39, 0.29) is 29.4 Å². The van der Waals surface area contributed by atoms with Crippen LogP contribution in [-0.4, -0.2) is 31.7 Å². The van der Waals surface area contributed by atoms with Gasteiger partial charge in [-0.05, 0) is 83.4 Å². The van der Waals surface area contributed by atoms with Crippen molar-refractivity contribution in [2.75, 3.05) is 11.3 Å². The molecular formula is C36H30ClF2N3O5S. The summed E-state index contributed by atoms with van der Waals surface area (Å²) >= 11 is 6.30. The monoisotopic (exact) mass is 689 g/mol. The van der Waals surface area contributed by atoms with Gasteiger partial charge in [-0.1, -0.05) is 72.3 Å². The molecule has 0 saturated carbocycles. The topological polar surface area (TPSA) is 105 Å². The molecule has 0 bridgehead atoms. The highest BCUT2D eigenvalue weighted by Gasteiger charge is 2.32. The number of hydrogen-bond acceptors (Lipinski definition) is 5. The predicted molar refractivity (Wildman–Crippen MR) is 179 cm³/mol. The molecule has 0 aliphatic heterocycles. The van der Waals surface area contributed by atoms with Crippen LogP contribution in [0.3, 0.4) is 0 Å². The third kappa shape index (κ3) is 8.96. The van der Waals surface area contributed by atoms with Crippen molar-refractivity contribution in [1.29, 1.82) is 0 Å². The Balaban J connectivity index is 1.36. The summed E-state index contributed by atoms with van der Waals surface area (Å²) in [6.07, 6.45) is 0. The Morgan fingerprint density at radius 3 is 2.02 bits per heavy atom. The lowest BCUT2D eigenvalue weighted by Crippen LogP contribution is -2.45. The van der Waals surface area contributed by atoms with E-state index in [0.29, 0.717) is 21.7 Å². The van der Waals surface area contributed by atoms with E-state index in [9.17, 15) is 26.8 Å². The number of benzene rings is 5. The number of carbonyl (C=O) groups is 2. The number of amides is 2. The Bertz CT molecular complexity index is 1960. The summed E-state index contributed by atoms with van der Waals surface area (Å²) in [5.74, 6) is -1.78. The van der Waals surface area contributed by atoms with E-state index in [0.717, 1.165) is 12.1 Å². The Kier molecular flexibility index (Phi) is 11.0. The summed E-state index contributed by atoms with van der Waals surface area (Å²) in [4.78, 5) is 29.0. The molecule has 0 heterocycles. The van der Waals surface area contributed by atoms with Crippen molar-refractivity contribution >= 4 is 39.1 Å². The van der Waals surface area contributed by atoms with Crippen LogP contribution in [0, 0.1) is 11.6 Å². The molecule has 0 unspecified atom stereocenters. The number of rotatable bonds is 13. The van der Waals surface area contributed by atoms with Crippen molar-refractivity contribution in [3.05, 3.63) is 161 Å². The van der Waals surface area contributed by atoms with E-state index in [2.05, 4.69) is 10.0 Å². The zero-order chi connectivity index (χ0) is 34.1. The van der Waals surface area contributed by atoms with Gasteiger partial charge in [0.1, 0.15) is 23.4 Å². The van der Waals surface area contributed by atoms with E-state index in [1.165, 1.54) is 65.6 Å². The van der Waals surface area contributed by atoms with Gasteiger partial charge in [-0.2, -0.15) is 0 Å². The molecule has 2 amide bonds. The molecule has 12 heteroatoms. The largest absolute Gasteiger partial charge is 0.484 e. The molecule has 0 fully saturated rings. The molecular weight excluding hydrogens is 660 g/mol. The first kappa shape index (κ1) is 34.1. The van der Waals surface area contributed by atoms with Crippen LogP contribution in [0.2, 0.25) is 5.02 Å². The van der Waals surface area contributed by atoms with Crippen LogP contribution >= 0.6 is 11.6 Å². The van der Waals surface area contributed by atoms with Gasteiger partial charge in [0.15, 0.2) is 6.61 Å². The van der Waals surface area contributed by atoms with Crippen LogP contribution in [0.1, 0.15) is 22.7 Å². The second-order valence-electron chi connectivity index (χ2n) is 10.6. The second kappa shape index (κ2) is 15.6. The predicted octanol–water partition coefficient (Wildman–Crippen LogP) is 6.88. The van der Waals surface area contributed by atoms with Gasteiger partial charge in [-0.3, -0.25) is 14.3 Å². The fraction of sp³-hybridized carbons (Fsp3) is 0.111. The standard InChI is InChI=1S/C36H30ClF2N3O5S/c37-33-9-5-4-8-27(33)22-40-36(44)35(26-6-2-1-3-7-26)42(23-25-10-12-28(38)13-11-25)34(43)24-47-31-18-20-32(21-19-31)48(45,46)41-30-16-14-29(39)15-17-30/h1-21,35,41H,22-24H2,(H,40,44)/t35-/m1/s1. The van der Waals surface area contributed by atoms with Crippen molar-refractivity contribution < 1.29 is 31.5 Å². The Morgan fingerprint density at radius 1 is 0.771 bits per heavy atom. The molecule has 0 radical (unpaired) electrons. The van der Waals surface area contributed by atoms with E-state index in [1.54, 1.807) is 54.6 Å². The number of carbonyl (C=O) groups excluding carboxylic acids is 2. The summed E-state index contributed by atoms with van der Waals surface area (Å²) in [6.45, 7) is -0.432. The third-order valence-electron chi connectivity index (χ3n) is 7.27. The fourth-order valence-corrected chi connectivity index (χ4v) is 6.08. The maximum absolute atomic E-state index is 13.9. The second-order valence-corrected chi connectivity index (χ2v) is 12.7. The average molecular weight is 690 g/mol. The lowest BCUT2D eigenvalue weighted by atomic mass is 10.0. The number of anilines is 1. The van der Waals surface area contributed by atoms with Gasteiger partial charge in [0, 0.05) is 23.8 Å². The van der Waals surface area contributed by atoms with Gasteiger partial charge >= 0.3 is 0 Å². The highest BCUT2D eigenvalue weighted by atomic mass is 35.5. The molecule has 0 saturated heterocycles. The normalized spacial score (nSPS) is 11.7. The van der Waals surface area contributed by atoms with Crippen LogP contribution in [-0.2, 0) is 32.7 Å². The van der Waals surface area contributed by atoms with E-state index in [1.807, 2.05) is 0 Å². The first-order chi connectivity index (χ1) is 23.1. The molecule has 246 valence electrons. The first-order valence-electron chi connectivity index (χ1n) is 14.7. The van der Waals surface area contributed by atoms with Crippen LogP contribution in [0.25, 0.3) is 0 Å². The number of nitrogens with zero attached hydrogens (tertiary/aromatic N) is 1. The molecule has 5 aromatic carbocycles. The van der Waals surface area contributed by atoms with E-state index in [4.69, 9.17) is 16.3 Å². The van der Waals surface area contributed by atoms with Crippen LogP contribution < -0.4 is 14.8 Å². The zero-order valence-electron chi connectivity index (χ0n) is 25.4. The van der Waals surface area contributed by atoms with Gasteiger partial charge < -0.3 is 15.0 Å². The average Bonchev–Trinajstić information content (AvgIpc) is 3.09. The molecule has 0 aromatic heterocycles. The highest BCUT2D eigenvalue weighted by Crippen LogP contribution is 2.26. The SMILES string of the molecule is O=C(NCc1ccccc1Cl)[C@@H](c1ccccc1)N(Cc1ccc(F)cc1)C(=O)COc1ccc(S(=O)(=O)Nc2ccc(F)cc2)cc1. The third-order valence-corrected chi connectivity index (χ3v) is 9.03. The number of nitrogens with one attached hydrogen (secondary N) is 2. The van der Waals surface area contributed by atoms with Crippen molar-refractivity contribution in [3.63, 3.8) is 0 Å². The van der Waals surface area contributed by atoms with Gasteiger partial charge in [0.2, 0.25) is 5.91 Å². The fourth-order valence-electron chi connectivity index (χ4n) is 4.81. The number of ether oxygens (including phenoxy) is 1. The summed E-state index contributed by atoms with van der Waals surface area (Å²) < 4.78 is 60.7. The van der Waals surface area contributed by atoms with Gasteiger partial charge in [-0.25, -0.2) is 17.2 Å². The summed E-state index contributed by atoms with van der Waals surface area (Å²) in [5, 5.41) is 3.36. The Labute approximate surface area is 282 Å². The summed E-state index contributed by atoms with van der Waals surface area (Å²) in [7, 11) is -3.99. The van der Waals surface area contributed by atoms with Crippen LogP contribution in [0.15, 0.2) is 132 Å². The quantitative estimate of drug-likeness (QED) is 0.140. The number of sulfonamides is 1. The minimum atomic E-state index is -3.99. The molecule has 5 rings (SSSR count). The van der Waals surface area contributed by atoms with E-state index >= 15 is 0 Å². The van der Waals surface area contributed by atoms with Gasteiger partial charge in [0.05, 0.1) is 4.90 Å². The number of halogens is 3. The highest BCUT2D eigenvalue weighted by molar-refractivity contribution is 7.92. The molecule has 1 atom stereocenters. The zero-order valence-corrected chi connectivity index (χ0v) is 26.9. The van der Waals surface area contributed by atoms with E-state index < -0.39 is 46.1 Å². The summed E-state index contributed by atoms with van der Waals surface area (Å²) in [6, 6.07) is 30.6. The molecule has 8 nitrogen and oxygen atoms in total. The van der Waals surface area contributed by atoms with Crippen molar-refractivity contribution in [2.24, 2.45) is 0 Å². The summed E-state index contributed by atoms with van der Waals surface area (Å²) in [5.41, 5.74) is 1.99. The molecule has 0 aliphatic rings. The number of hydrogen-bond donors (Lipinski definition) is 2. The van der Waals surface area contributed by atoms with Crippen molar-refractivity contribution in [3.8, 4) is 5.75 Å². The van der Waals surface area contributed by atoms with Gasteiger partial charge in [0.25, 0.3) is 15.9 Å². The van der Waals surface area contributed by atoms with Crippen molar-refractivity contribution in [2.45, 2.75) is 24.0 Å². The van der Waals surface area contributed by atoms with Crippen LogP contribution in [0.5, 0.6) is 5.75 Å². The Hall–Kier alpha value is -5.26. The molecule has 2 N–H and O–H groups in total. The molecule has 5 aromatic rings. The minimum absolute atomic E-state index is 0.0478. The maximum Gasteiger partial charge on any atom is 0.261 e. The lowest BCUT2D eigenvalue weighted by molar-refractivity contribution is -0.143. The first-order valence-corrected chi connectivity index (χ1v) is 16.6. The van der Waals surface area contributed by atoms with Crippen molar-refractivity contribution in [1.82, 2.24) is 10.2 Å².